The first kappa shape index (κ1) is 14.7. The smallest absolute Gasteiger partial charge is 0.303 e. The van der Waals surface area contributed by atoms with Crippen LogP contribution in [0.3, 0.4) is 0 Å². The lowest BCUT2D eigenvalue weighted by atomic mass is 10.2. The summed E-state index contributed by atoms with van der Waals surface area (Å²) in [6, 6.07) is 0.390. The summed E-state index contributed by atoms with van der Waals surface area (Å²) in [7, 11) is 0. The third-order valence-electron chi connectivity index (χ3n) is 3.05. The van der Waals surface area contributed by atoms with Crippen molar-refractivity contribution in [1.82, 2.24) is 14.5 Å². The Morgan fingerprint density at radius 2 is 2.28 bits per heavy atom. The molecule has 0 saturated carbocycles. The quantitative estimate of drug-likeness (QED) is 0.769. The molecule has 1 aromatic heterocycles. The largest absolute Gasteiger partial charge is 0.481 e. The van der Waals surface area contributed by atoms with Crippen LogP contribution in [0.5, 0.6) is 0 Å². The van der Waals surface area contributed by atoms with E-state index in [1.807, 2.05) is 12.4 Å². The Morgan fingerprint density at radius 3 is 2.83 bits per heavy atom. The van der Waals surface area contributed by atoms with E-state index < -0.39 is 5.97 Å². The first-order valence-electron chi connectivity index (χ1n) is 6.50. The van der Waals surface area contributed by atoms with E-state index in [1.54, 1.807) is 0 Å². The molecule has 5 heteroatoms. The topological polar surface area (TPSA) is 58.4 Å². The Morgan fingerprint density at radius 1 is 1.56 bits per heavy atom. The van der Waals surface area contributed by atoms with Gasteiger partial charge in [0.15, 0.2) is 0 Å². The molecule has 0 bridgehead atoms. The van der Waals surface area contributed by atoms with Gasteiger partial charge in [0.25, 0.3) is 0 Å². The minimum absolute atomic E-state index is 0.228. The van der Waals surface area contributed by atoms with Crippen LogP contribution in [0.2, 0.25) is 0 Å². The molecule has 18 heavy (non-hydrogen) atoms. The average molecular weight is 253 g/mol. The van der Waals surface area contributed by atoms with Crippen LogP contribution in [0, 0.1) is 0 Å². The van der Waals surface area contributed by atoms with E-state index in [-0.39, 0.29) is 6.42 Å². The van der Waals surface area contributed by atoms with E-state index in [9.17, 15) is 4.79 Å². The maximum Gasteiger partial charge on any atom is 0.303 e. The van der Waals surface area contributed by atoms with Gasteiger partial charge in [-0.1, -0.05) is 0 Å². The first-order valence-corrected chi connectivity index (χ1v) is 6.50. The van der Waals surface area contributed by atoms with Gasteiger partial charge >= 0.3 is 5.97 Å². The molecule has 1 N–H and O–H groups in total. The molecule has 0 spiro atoms. The lowest BCUT2D eigenvalue weighted by Gasteiger charge is -2.26. The summed E-state index contributed by atoms with van der Waals surface area (Å²) in [6.45, 7) is 8.82. The lowest BCUT2D eigenvalue weighted by molar-refractivity contribution is -0.137. The van der Waals surface area contributed by atoms with Gasteiger partial charge in [-0.25, -0.2) is 4.98 Å². The SMILES string of the molecule is CCn1ccnc1CN(CCCC(=O)O)C(C)C. The van der Waals surface area contributed by atoms with Crippen LogP contribution < -0.4 is 0 Å². The fourth-order valence-corrected chi connectivity index (χ4v) is 1.91. The minimum atomic E-state index is -0.728. The Labute approximate surface area is 108 Å². The molecule has 1 rings (SSSR count). The summed E-state index contributed by atoms with van der Waals surface area (Å²) < 4.78 is 2.12. The number of aliphatic carboxylic acids is 1. The number of carboxylic acid groups (broad SMARTS) is 1. The third-order valence-corrected chi connectivity index (χ3v) is 3.05. The number of aromatic nitrogens is 2. The second kappa shape index (κ2) is 7.16. The summed E-state index contributed by atoms with van der Waals surface area (Å²) >= 11 is 0. The Balaban J connectivity index is 2.55. The maximum atomic E-state index is 10.5. The predicted octanol–water partition coefficient (Wildman–Crippen LogP) is 1.98. The molecule has 0 amide bonds. The van der Waals surface area contributed by atoms with Crippen molar-refractivity contribution in [3.63, 3.8) is 0 Å². The van der Waals surface area contributed by atoms with Gasteiger partial charge in [-0.2, -0.15) is 0 Å². The summed E-state index contributed by atoms with van der Waals surface area (Å²) in [5, 5.41) is 8.67. The fraction of sp³-hybridized carbons (Fsp3) is 0.692. The van der Waals surface area contributed by atoms with Crippen LogP contribution in [0.15, 0.2) is 12.4 Å². The summed E-state index contributed by atoms with van der Waals surface area (Å²) in [4.78, 5) is 17.2. The van der Waals surface area contributed by atoms with Crippen molar-refractivity contribution in [3.8, 4) is 0 Å². The zero-order valence-corrected chi connectivity index (χ0v) is 11.5. The van der Waals surface area contributed by atoms with Crippen molar-refractivity contribution in [2.75, 3.05) is 6.54 Å². The Hall–Kier alpha value is -1.36. The molecule has 1 aromatic rings. The number of nitrogens with zero attached hydrogens (tertiary/aromatic N) is 3. The second-order valence-electron chi connectivity index (χ2n) is 4.69. The monoisotopic (exact) mass is 253 g/mol. The summed E-state index contributed by atoms with van der Waals surface area (Å²) in [5.41, 5.74) is 0. The van der Waals surface area contributed by atoms with Crippen LogP contribution >= 0.6 is 0 Å². The Bertz CT molecular complexity index is 374. The highest BCUT2D eigenvalue weighted by atomic mass is 16.4. The molecular weight excluding hydrogens is 230 g/mol. The number of aryl methyl sites for hydroxylation is 1. The van der Waals surface area contributed by atoms with Crippen molar-refractivity contribution in [3.05, 3.63) is 18.2 Å². The number of carbonyl (C=O) groups is 1. The van der Waals surface area contributed by atoms with Crippen molar-refractivity contribution in [1.29, 1.82) is 0 Å². The van der Waals surface area contributed by atoms with E-state index in [0.717, 1.165) is 25.5 Å². The highest BCUT2D eigenvalue weighted by Crippen LogP contribution is 2.08. The molecule has 0 unspecified atom stereocenters. The predicted molar refractivity (Wildman–Crippen MR) is 70.3 cm³/mol. The van der Waals surface area contributed by atoms with Crippen molar-refractivity contribution < 1.29 is 9.90 Å². The standard InChI is InChI=1S/C13H23N3O2/c1-4-15-9-7-14-12(15)10-16(11(2)3)8-5-6-13(17)18/h7,9,11H,4-6,8,10H2,1-3H3,(H,17,18). The van der Waals surface area contributed by atoms with Crippen molar-refractivity contribution >= 4 is 5.97 Å². The van der Waals surface area contributed by atoms with Gasteiger partial charge in [0, 0.05) is 31.4 Å². The Kier molecular flexibility index (Phi) is 5.85. The minimum Gasteiger partial charge on any atom is -0.481 e. The molecule has 0 saturated heterocycles. The number of rotatable bonds is 8. The molecule has 0 aliphatic rings. The van der Waals surface area contributed by atoms with Crippen LogP contribution in [0.25, 0.3) is 0 Å². The molecular formula is C13H23N3O2. The molecule has 1 heterocycles. The maximum absolute atomic E-state index is 10.5. The van der Waals surface area contributed by atoms with Gasteiger partial charge in [0.1, 0.15) is 5.82 Å². The van der Waals surface area contributed by atoms with E-state index in [1.165, 1.54) is 0 Å². The molecule has 0 aliphatic heterocycles. The van der Waals surface area contributed by atoms with Gasteiger partial charge in [-0.15, -0.1) is 0 Å². The summed E-state index contributed by atoms with van der Waals surface area (Å²) in [6.07, 6.45) is 4.70. The lowest BCUT2D eigenvalue weighted by Crippen LogP contribution is -2.32. The van der Waals surface area contributed by atoms with Gasteiger partial charge in [-0.05, 0) is 33.7 Å². The first-order chi connectivity index (χ1) is 8.54. The van der Waals surface area contributed by atoms with Crippen molar-refractivity contribution in [2.24, 2.45) is 0 Å². The zero-order valence-electron chi connectivity index (χ0n) is 11.5. The van der Waals surface area contributed by atoms with Gasteiger partial charge < -0.3 is 9.67 Å². The second-order valence-corrected chi connectivity index (χ2v) is 4.69. The molecule has 0 aliphatic carbocycles. The molecule has 0 fully saturated rings. The zero-order chi connectivity index (χ0) is 13.5. The van der Waals surface area contributed by atoms with E-state index in [4.69, 9.17) is 5.11 Å². The van der Waals surface area contributed by atoms with Crippen LogP contribution in [0.1, 0.15) is 39.4 Å². The number of carboxylic acids is 1. The number of imidazole rings is 1. The van der Waals surface area contributed by atoms with Crippen LogP contribution in [0.4, 0.5) is 0 Å². The van der Waals surface area contributed by atoms with Gasteiger partial charge in [0.2, 0.25) is 0 Å². The van der Waals surface area contributed by atoms with Gasteiger partial charge in [0.05, 0.1) is 6.54 Å². The molecule has 0 radical (unpaired) electrons. The number of hydrogen-bond donors (Lipinski definition) is 1. The molecule has 102 valence electrons. The van der Waals surface area contributed by atoms with E-state index in [2.05, 4.69) is 35.2 Å². The van der Waals surface area contributed by atoms with Crippen LogP contribution in [-0.4, -0.2) is 38.1 Å². The van der Waals surface area contributed by atoms with Gasteiger partial charge in [-0.3, -0.25) is 9.69 Å². The fourth-order valence-electron chi connectivity index (χ4n) is 1.91. The van der Waals surface area contributed by atoms with E-state index in [0.29, 0.717) is 12.5 Å². The number of hydrogen-bond acceptors (Lipinski definition) is 3. The average Bonchev–Trinajstić information content (AvgIpc) is 2.74. The summed E-state index contributed by atoms with van der Waals surface area (Å²) in [5.74, 6) is 0.315. The molecule has 0 atom stereocenters. The molecule has 5 nitrogen and oxygen atoms in total. The van der Waals surface area contributed by atoms with Crippen LogP contribution in [-0.2, 0) is 17.9 Å². The molecule has 0 aromatic carbocycles. The normalized spacial score (nSPS) is 11.4. The third kappa shape index (κ3) is 4.49. The highest BCUT2D eigenvalue weighted by molar-refractivity contribution is 5.66. The van der Waals surface area contributed by atoms with Crippen molar-refractivity contribution in [2.45, 2.75) is 52.7 Å². The highest BCUT2D eigenvalue weighted by Gasteiger charge is 2.13. The van der Waals surface area contributed by atoms with E-state index >= 15 is 0 Å².